The zero-order valence-electron chi connectivity index (χ0n) is 6.60. The lowest BCUT2D eigenvalue weighted by Crippen LogP contribution is -2.34. The highest BCUT2D eigenvalue weighted by Gasteiger charge is 2.24. The van der Waals surface area contributed by atoms with Crippen molar-refractivity contribution in [2.75, 3.05) is 0 Å². The monoisotopic (exact) mass is 163 g/mol. The first-order valence-electron chi connectivity index (χ1n) is 4.24. The van der Waals surface area contributed by atoms with E-state index in [9.17, 15) is 8.78 Å². The molecule has 0 aliphatic heterocycles. The predicted octanol–water partition coefficient (Wildman–Crippen LogP) is 2.16. The van der Waals surface area contributed by atoms with Crippen molar-refractivity contribution >= 4 is 0 Å². The van der Waals surface area contributed by atoms with Crippen LogP contribution in [0.4, 0.5) is 8.78 Å². The van der Waals surface area contributed by atoms with Gasteiger partial charge in [-0.05, 0) is 18.8 Å². The third-order valence-corrected chi connectivity index (χ3v) is 2.45. The zero-order chi connectivity index (χ0) is 8.27. The average Bonchev–Trinajstić information content (AvgIpc) is 1.93. The molecule has 0 heterocycles. The third kappa shape index (κ3) is 2.73. The van der Waals surface area contributed by atoms with Crippen LogP contribution in [0, 0.1) is 5.92 Å². The van der Waals surface area contributed by atoms with E-state index in [1.165, 1.54) is 0 Å². The van der Waals surface area contributed by atoms with Crippen LogP contribution in [0.15, 0.2) is 0 Å². The highest BCUT2D eigenvalue weighted by atomic mass is 19.3. The lowest BCUT2D eigenvalue weighted by Gasteiger charge is -2.27. The van der Waals surface area contributed by atoms with Crippen LogP contribution in [0.25, 0.3) is 0 Å². The van der Waals surface area contributed by atoms with Crippen LogP contribution in [-0.2, 0) is 0 Å². The molecule has 0 radical (unpaired) electrons. The first-order valence-corrected chi connectivity index (χ1v) is 4.24. The van der Waals surface area contributed by atoms with Gasteiger partial charge in [0.15, 0.2) is 0 Å². The minimum atomic E-state index is -2.18. The standard InChI is InChI=1S/C8H15F2N/c9-8(10)5-6-3-1-2-4-7(6)11/h6-8H,1-5,11H2. The summed E-state index contributed by atoms with van der Waals surface area (Å²) in [6.45, 7) is 0. The number of alkyl halides is 2. The lowest BCUT2D eigenvalue weighted by molar-refractivity contribution is 0.0971. The van der Waals surface area contributed by atoms with Crippen molar-refractivity contribution in [3.63, 3.8) is 0 Å². The summed E-state index contributed by atoms with van der Waals surface area (Å²) < 4.78 is 23.9. The fourth-order valence-corrected chi connectivity index (χ4v) is 1.76. The maximum absolute atomic E-state index is 11.9. The molecule has 1 rings (SSSR count). The maximum Gasteiger partial charge on any atom is 0.239 e. The van der Waals surface area contributed by atoms with E-state index >= 15 is 0 Å². The number of rotatable bonds is 2. The molecular formula is C8H15F2N. The van der Waals surface area contributed by atoms with Crippen LogP contribution in [0.5, 0.6) is 0 Å². The van der Waals surface area contributed by atoms with Gasteiger partial charge in [-0.25, -0.2) is 8.78 Å². The van der Waals surface area contributed by atoms with Crippen molar-refractivity contribution in [2.45, 2.75) is 44.6 Å². The van der Waals surface area contributed by atoms with Gasteiger partial charge in [-0.3, -0.25) is 0 Å². The van der Waals surface area contributed by atoms with Crippen molar-refractivity contribution in [3.05, 3.63) is 0 Å². The molecule has 1 aliphatic rings. The van der Waals surface area contributed by atoms with Crippen molar-refractivity contribution in [1.29, 1.82) is 0 Å². The first kappa shape index (κ1) is 8.91. The van der Waals surface area contributed by atoms with Gasteiger partial charge in [0.1, 0.15) is 0 Å². The average molecular weight is 163 g/mol. The van der Waals surface area contributed by atoms with Crippen LogP contribution in [0.1, 0.15) is 32.1 Å². The van der Waals surface area contributed by atoms with E-state index in [0.717, 1.165) is 25.7 Å². The second kappa shape index (κ2) is 4.00. The van der Waals surface area contributed by atoms with Crippen molar-refractivity contribution < 1.29 is 8.78 Å². The second-order valence-electron chi connectivity index (χ2n) is 3.34. The topological polar surface area (TPSA) is 26.0 Å². The molecule has 0 amide bonds. The van der Waals surface area contributed by atoms with Crippen LogP contribution in [0.2, 0.25) is 0 Å². The van der Waals surface area contributed by atoms with E-state index in [2.05, 4.69) is 0 Å². The van der Waals surface area contributed by atoms with Crippen LogP contribution < -0.4 is 5.73 Å². The molecule has 2 atom stereocenters. The first-order chi connectivity index (χ1) is 5.20. The molecule has 66 valence electrons. The summed E-state index contributed by atoms with van der Waals surface area (Å²) in [6, 6.07) is 0.0257. The van der Waals surface area contributed by atoms with Gasteiger partial charge in [0.25, 0.3) is 0 Å². The summed E-state index contributed by atoms with van der Waals surface area (Å²) in [5.74, 6) is 0.0729. The molecule has 0 saturated heterocycles. The Balaban J connectivity index is 2.29. The Morgan fingerprint density at radius 2 is 1.91 bits per heavy atom. The summed E-state index contributed by atoms with van der Waals surface area (Å²) >= 11 is 0. The van der Waals surface area contributed by atoms with Crippen molar-refractivity contribution in [2.24, 2.45) is 11.7 Å². The van der Waals surface area contributed by atoms with Crippen LogP contribution >= 0.6 is 0 Å². The van der Waals surface area contributed by atoms with Gasteiger partial charge < -0.3 is 5.73 Å². The molecule has 3 heteroatoms. The summed E-state index contributed by atoms with van der Waals surface area (Å²) in [7, 11) is 0. The number of hydrogen-bond acceptors (Lipinski definition) is 1. The number of hydrogen-bond donors (Lipinski definition) is 1. The fraction of sp³-hybridized carbons (Fsp3) is 1.00. The molecule has 0 spiro atoms. The SMILES string of the molecule is NC1CCCCC1CC(F)F. The maximum atomic E-state index is 11.9. The molecular weight excluding hydrogens is 148 g/mol. The number of halogens is 2. The van der Waals surface area contributed by atoms with Gasteiger partial charge in [-0.2, -0.15) is 0 Å². The van der Waals surface area contributed by atoms with Gasteiger partial charge in [0.05, 0.1) is 0 Å². The zero-order valence-corrected chi connectivity index (χ0v) is 6.60. The van der Waals surface area contributed by atoms with E-state index in [-0.39, 0.29) is 18.4 Å². The van der Waals surface area contributed by atoms with E-state index in [1.807, 2.05) is 0 Å². The quantitative estimate of drug-likeness (QED) is 0.663. The molecule has 0 aromatic carbocycles. The normalized spacial score (nSPS) is 32.7. The number of nitrogens with two attached hydrogens (primary N) is 1. The van der Waals surface area contributed by atoms with Crippen molar-refractivity contribution in [1.82, 2.24) is 0 Å². The van der Waals surface area contributed by atoms with Gasteiger partial charge in [-0.1, -0.05) is 12.8 Å². The van der Waals surface area contributed by atoms with Gasteiger partial charge in [-0.15, -0.1) is 0 Å². The van der Waals surface area contributed by atoms with Crippen molar-refractivity contribution in [3.8, 4) is 0 Å². The molecule has 1 aliphatic carbocycles. The van der Waals surface area contributed by atoms with Gasteiger partial charge in [0, 0.05) is 12.5 Å². The third-order valence-electron chi connectivity index (χ3n) is 2.45. The van der Waals surface area contributed by atoms with Crippen LogP contribution in [-0.4, -0.2) is 12.5 Å². The Labute approximate surface area is 66.0 Å². The largest absolute Gasteiger partial charge is 0.327 e. The van der Waals surface area contributed by atoms with Gasteiger partial charge >= 0.3 is 0 Å². The molecule has 11 heavy (non-hydrogen) atoms. The van der Waals surface area contributed by atoms with E-state index < -0.39 is 6.43 Å². The smallest absolute Gasteiger partial charge is 0.239 e. The Hall–Kier alpha value is -0.180. The Morgan fingerprint density at radius 1 is 1.27 bits per heavy atom. The summed E-state index contributed by atoms with van der Waals surface area (Å²) in [5, 5.41) is 0. The summed E-state index contributed by atoms with van der Waals surface area (Å²) in [4.78, 5) is 0. The molecule has 0 aromatic heterocycles. The molecule has 1 fully saturated rings. The van der Waals surface area contributed by atoms with Crippen LogP contribution in [0.3, 0.4) is 0 Å². The molecule has 1 nitrogen and oxygen atoms in total. The predicted molar refractivity (Wildman–Crippen MR) is 40.6 cm³/mol. The van der Waals surface area contributed by atoms with Gasteiger partial charge in [0.2, 0.25) is 6.43 Å². The minimum absolute atomic E-state index is 0.00116. The minimum Gasteiger partial charge on any atom is -0.327 e. The second-order valence-corrected chi connectivity index (χ2v) is 3.34. The highest BCUT2D eigenvalue weighted by Crippen LogP contribution is 2.27. The Bertz CT molecular complexity index is 117. The van der Waals surface area contributed by atoms with E-state index in [4.69, 9.17) is 5.73 Å². The fourth-order valence-electron chi connectivity index (χ4n) is 1.76. The Morgan fingerprint density at radius 3 is 2.45 bits per heavy atom. The summed E-state index contributed by atoms with van der Waals surface area (Å²) in [6.07, 6.45) is 1.83. The Kier molecular flexibility index (Phi) is 3.24. The molecule has 2 N–H and O–H groups in total. The summed E-state index contributed by atoms with van der Waals surface area (Å²) in [5.41, 5.74) is 5.69. The highest BCUT2D eigenvalue weighted by molar-refractivity contribution is 4.78. The molecule has 2 unspecified atom stereocenters. The van der Waals surface area contributed by atoms with E-state index in [1.54, 1.807) is 0 Å². The molecule has 0 aromatic rings. The van der Waals surface area contributed by atoms with E-state index in [0.29, 0.717) is 0 Å². The molecule has 0 bridgehead atoms. The lowest BCUT2D eigenvalue weighted by atomic mass is 9.83. The molecule has 1 saturated carbocycles.